The van der Waals surface area contributed by atoms with E-state index in [1.807, 2.05) is 4.90 Å². The fourth-order valence-corrected chi connectivity index (χ4v) is 3.75. The van der Waals surface area contributed by atoms with E-state index < -0.39 is 0 Å². The monoisotopic (exact) mass is 278 g/mol. The van der Waals surface area contributed by atoms with Gasteiger partial charge in [0.15, 0.2) is 0 Å². The topological polar surface area (TPSA) is 60.9 Å². The van der Waals surface area contributed by atoms with Gasteiger partial charge < -0.3 is 14.9 Å². The average Bonchev–Trinajstić information content (AvgIpc) is 2.36. The second-order valence-electron chi connectivity index (χ2n) is 6.53. The van der Waals surface area contributed by atoms with E-state index in [1.54, 1.807) is 4.90 Å². The molecule has 1 aliphatic carbocycles. The largest absolute Gasteiger partial charge is 0.393 e. The van der Waals surface area contributed by atoms with Gasteiger partial charge in [0, 0.05) is 26.2 Å². The molecule has 5 nitrogen and oxygen atoms in total. The molecule has 0 bridgehead atoms. The first-order valence-corrected chi connectivity index (χ1v) is 7.41. The van der Waals surface area contributed by atoms with Crippen molar-refractivity contribution in [3.05, 3.63) is 12.7 Å². The van der Waals surface area contributed by atoms with E-state index in [0.717, 1.165) is 38.8 Å². The Bertz CT molecular complexity index is 426. The van der Waals surface area contributed by atoms with Gasteiger partial charge in [-0.05, 0) is 37.2 Å². The highest BCUT2D eigenvalue weighted by atomic mass is 16.3. The fraction of sp³-hybridized carbons (Fsp3) is 0.733. The van der Waals surface area contributed by atoms with Gasteiger partial charge in [0.2, 0.25) is 11.8 Å². The molecule has 1 saturated carbocycles. The Morgan fingerprint density at radius 3 is 2.25 bits per heavy atom. The van der Waals surface area contributed by atoms with Crippen molar-refractivity contribution >= 4 is 11.8 Å². The number of nitrogens with zero attached hydrogens (tertiary/aromatic N) is 2. The Morgan fingerprint density at radius 2 is 1.75 bits per heavy atom. The van der Waals surface area contributed by atoms with E-state index in [9.17, 15) is 14.7 Å². The summed E-state index contributed by atoms with van der Waals surface area (Å²) >= 11 is 0. The smallest absolute Gasteiger partial charge is 0.246 e. The molecule has 0 aromatic carbocycles. The number of hydrogen-bond donors (Lipinski definition) is 1. The number of hydrogen-bond acceptors (Lipinski definition) is 3. The number of likely N-dealkylation sites (tertiary alicyclic amines) is 2. The number of carbonyl (C=O) groups is 2. The molecule has 3 fully saturated rings. The summed E-state index contributed by atoms with van der Waals surface area (Å²) < 4.78 is 0. The van der Waals surface area contributed by atoms with E-state index in [0.29, 0.717) is 18.5 Å². The lowest BCUT2D eigenvalue weighted by Crippen LogP contribution is -2.58. The maximum Gasteiger partial charge on any atom is 0.246 e. The molecule has 110 valence electrons. The summed E-state index contributed by atoms with van der Waals surface area (Å²) in [7, 11) is 0. The van der Waals surface area contributed by atoms with Gasteiger partial charge in [0.1, 0.15) is 0 Å². The van der Waals surface area contributed by atoms with E-state index in [1.165, 1.54) is 6.08 Å². The summed E-state index contributed by atoms with van der Waals surface area (Å²) in [5.74, 6) is 0.0721. The van der Waals surface area contributed by atoms with Crippen LogP contribution in [0.3, 0.4) is 0 Å². The van der Waals surface area contributed by atoms with Crippen LogP contribution in [0.15, 0.2) is 12.7 Å². The molecule has 2 heterocycles. The standard InChI is InChI=1S/C15H22N2O3/c1-2-13(19)17-9-11(10-17)14(20)16-5-3-15(4-6-16)7-12(18)8-15/h2,11-12,18H,1,3-10H2. The molecule has 20 heavy (non-hydrogen) atoms. The van der Waals surface area contributed by atoms with Crippen molar-refractivity contribution in [3.8, 4) is 0 Å². The van der Waals surface area contributed by atoms with Crippen molar-refractivity contribution in [2.45, 2.75) is 31.8 Å². The predicted molar refractivity (Wildman–Crippen MR) is 73.8 cm³/mol. The lowest BCUT2D eigenvalue weighted by Gasteiger charge is -2.51. The van der Waals surface area contributed by atoms with Gasteiger partial charge in [0.25, 0.3) is 0 Å². The number of aliphatic hydroxyl groups is 1. The van der Waals surface area contributed by atoms with Gasteiger partial charge in [-0.2, -0.15) is 0 Å². The molecule has 1 spiro atoms. The van der Waals surface area contributed by atoms with Crippen molar-refractivity contribution in [2.75, 3.05) is 26.2 Å². The van der Waals surface area contributed by atoms with Crippen LogP contribution in [0.5, 0.6) is 0 Å². The first-order valence-electron chi connectivity index (χ1n) is 7.41. The average molecular weight is 278 g/mol. The molecule has 0 aromatic rings. The zero-order valence-electron chi connectivity index (χ0n) is 11.8. The molecule has 3 rings (SSSR count). The molecular weight excluding hydrogens is 256 g/mol. The fourth-order valence-electron chi connectivity index (χ4n) is 3.75. The summed E-state index contributed by atoms with van der Waals surface area (Å²) in [5.41, 5.74) is 0.306. The number of aliphatic hydroxyl groups excluding tert-OH is 1. The third-order valence-electron chi connectivity index (χ3n) is 5.19. The maximum absolute atomic E-state index is 12.3. The molecule has 2 amide bonds. The van der Waals surface area contributed by atoms with Gasteiger partial charge in [-0.15, -0.1) is 0 Å². The highest BCUT2D eigenvalue weighted by Gasteiger charge is 2.47. The predicted octanol–water partition coefficient (Wildman–Crippen LogP) is 0.394. The summed E-state index contributed by atoms with van der Waals surface area (Å²) in [6.45, 7) is 6.12. The molecule has 3 aliphatic rings. The van der Waals surface area contributed by atoms with Gasteiger partial charge in [-0.1, -0.05) is 6.58 Å². The Morgan fingerprint density at radius 1 is 1.15 bits per heavy atom. The minimum atomic E-state index is -0.123. The molecule has 5 heteroatoms. The molecule has 2 aliphatic heterocycles. The van der Waals surface area contributed by atoms with Gasteiger partial charge in [0.05, 0.1) is 12.0 Å². The second kappa shape index (κ2) is 4.88. The van der Waals surface area contributed by atoms with Crippen LogP contribution in [0.1, 0.15) is 25.7 Å². The van der Waals surface area contributed by atoms with Crippen LogP contribution in [-0.4, -0.2) is 59.0 Å². The van der Waals surface area contributed by atoms with Gasteiger partial charge in [-0.25, -0.2) is 0 Å². The molecule has 0 unspecified atom stereocenters. The highest BCUT2D eigenvalue weighted by Crippen LogP contribution is 2.49. The first kappa shape index (κ1) is 13.6. The molecule has 0 aromatic heterocycles. The summed E-state index contributed by atoms with van der Waals surface area (Å²) in [6, 6.07) is 0. The third kappa shape index (κ3) is 2.24. The number of rotatable bonds is 2. The van der Waals surface area contributed by atoms with Crippen LogP contribution in [0, 0.1) is 11.3 Å². The Labute approximate surface area is 119 Å². The Kier molecular flexibility index (Phi) is 3.32. The summed E-state index contributed by atoms with van der Waals surface area (Å²) in [6.07, 6.45) is 5.01. The molecule has 0 atom stereocenters. The van der Waals surface area contributed by atoms with Crippen molar-refractivity contribution in [2.24, 2.45) is 11.3 Å². The Balaban J connectivity index is 1.46. The minimum Gasteiger partial charge on any atom is -0.393 e. The number of piperidine rings is 1. The number of carbonyl (C=O) groups excluding carboxylic acids is 2. The van der Waals surface area contributed by atoms with Crippen molar-refractivity contribution in [3.63, 3.8) is 0 Å². The molecular formula is C15H22N2O3. The van der Waals surface area contributed by atoms with E-state index in [2.05, 4.69) is 6.58 Å². The first-order chi connectivity index (χ1) is 9.53. The summed E-state index contributed by atoms with van der Waals surface area (Å²) in [4.78, 5) is 27.3. The van der Waals surface area contributed by atoms with E-state index >= 15 is 0 Å². The van der Waals surface area contributed by atoms with Crippen molar-refractivity contribution < 1.29 is 14.7 Å². The van der Waals surface area contributed by atoms with Gasteiger partial charge >= 0.3 is 0 Å². The van der Waals surface area contributed by atoms with E-state index in [-0.39, 0.29) is 23.8 Å². The van der Waals surface area contributed by atoms with Crippen LogP contribution in [0.25, 0.3) is 0 Å². The number of amides is 2. The Hall–Kier alpha value is -1.36. The van der Waals surface area contributed by atoms with Crippen molar-refractivity contribution in [1.29, 1.82) is 0 Å². The van der Waals surface area contributed by atoms with Crippen LogP contribution >= 0.6 is 0 Å². The zero-order valence-corrected chi connectivity index (χ0v) is 11.8. The van der Waals surface area contributed by atoms with Crippen LogP contribution in [0.2, 0.25) is 0 Å². The highest BCUT2D eigenvalue weighted by molar-refractivity contribution is 5.90. The lowest BCUT2D eigenvalue weighted by atomic mass is 9.61. The van der Waals surface area contributed by atoms with Crippen LogP contribution in [0.4, 0.5) is 0 Å². The van der Waals surface area contributed by atoms with Gasteiger partial charge in [-0.3, -0.25) is 9.59 Å². The lowest BCUT2D eigenvalue weighted by molar-refractivity contribution is -0.150. The molecule has 0 radical (unpaired) electrons. The normalized spacial score (nSPS) is 26.1. The second-order valence-corrected chi connectivity index (χ2v) is 6.53. The maximum atomic E-state index is 12.3. The SMILES string of the molecule is C=CC(=O)N1CC(C(=O)N2CCC3(CC2)CC(O)C3)C1. The third-order valence-corrected chi connectivity index (χ3v) is 5.19. The minimum absolute atomic E-state index is 0.0278. The quantitative estimate of drug-likeness (QED) is 0.744. The van der Waals surface area contributed by atoms with Crippen LogP contribution < -0.4 is 0 Å². The molecule has 1 N–H and O–H groups in total. The zero-order chi connectivity index (χ0) is 14.3. The van der Waals surface area contributed by atoms with Crippen LogP contribution in [-0.2, 0) is 9.59 Å². The molecule has 2 saturated heterocycles. The van der Waals surface area contributed by atoms with E-state index in [4.69, 9.17) is 0 Å². The van der Waals surface area contributed by atoms with Crippen molar-refractivity contribution in [1.82, 2.24) is 9.80 Å². The summed E-state index contributed by atoms with van der Waals surface area (Å²) in [5, 5.41) is 9.45.